The van der Waals surface area contributed by atoms with E-state index in [1.54, 1.807) is 19.4 Å². The molecule has 1 N–H and O–H groups in total. The molecule has 3 heterocycles. The van der Waals surface area contributed by atoms with Gasteiger partial charge in [-0.1, -0.05) is 5.16 Å². The number of carbonyl (C=O) groups is 1. The first-order valence-electron chi connectivity index (χ1n) is 7.60. The van der Waals surface area contributed by atoms with E-state index in [1.165, 1.54) is 0 Å². The minimum Gasteiger partial charge on any atom is -0.377 e. The molecule has 0 bridgehead atoms. The summed E-state index contributed by atoms with van der Waals surface area (Å²) in [5, 5.41) is 11.0. The first-order chi connectivity index (χ1) is 11.2. The fourth-order valence-corrected chi connectivity index (χ4v) is 2.64. The number of methoxy groups -OCH3 is 1. The van der Waals surface area contributed by atoms with Gasteiger partial charge >= 0.3 is 0 Å². The number of nitrogens with one attached hydrogen (secondary N) is 1. The van der Waals surface area contributed by atoms with Crippen LogP contribution in [-0.2, 0) is 22.6 Å². The minimum atomic E-state index is -0.278. The average molecular weight is 320 g/mol. The van der Waals surface area contributed by atoms with Crippen molar-refractivity contribution >= 4 is 5.91 Å². The summed E-state index contributed by atoms with van der Waals surface area (Å²) in [5.41, 5.74) is 1.21. The fraction of sp³-hybridized carbons (Fsp3) is 0.533. The van der Waals surface area contributed by atoms with E-state index < -0.39 is 0 Å². The maximum Gasteiger partial charge on any atom is 0.273 e. The first-order valence-corrected chi connectivity index (χ1v) is 7.60. The van der Waals surface area contributed by atoms with Crippen molar-refractivity contribution in [2.24, 2.45) is 0 Å². The second-order valence-corrected chi connectivity index (χ2v) is 5.40. The van der Waals surface area contributed by atoms with E-state index in [0.717, 1.165) is 18.5 Å². The largest absolute Gasteiger partial charge is 0.377 e. The summed E-state index contributed by atoms with van der Waals surface area (Å²) in [4.78, 5) is 12.3. The van der Waals surface area contributed by atoms with Crippen molar-refractivity contribution in [1.82, 2.24) is 20.3 Å². The third kappa shape index (κ3) is 3.43. The second-order valence-electron chi connectivity index (χ2n) is 5.40. The zero-order valence-corrected chi connectivity index (χ0v) is 13.2. The maximum absolute atomic E-state index is 12.3. The fourth-order valence-electron chi connectivity index (χ4n) is 2.64. The molecule has 0 saturated carbocycles. The Hall–Kier alpha value is -2.19. The van der Waals surface area contributed by atoms with Gasteiger partial charge in [0.1, 0.15) is 12.7 Å². The number of ether oxygens (including phenoxy) is 2. The Balaban J connectivity index is 1.66. The third-order valence-corrected chi connectivity index (χ3v) is 3.79. The molecule has 0 aromatic carbocycles. The van der Waals surface area contributed by atoms with Crippen molar-refractivity contribution < 1.29 is 18.8 Å². The number of amides is 1. The topological polar surface area (TPSA) is 91.4 Å². The van der Waals surface area contributed by atoms with Crippen LogP contribution in [0.2, 0.25) is 0 Å². The molecule has 1 saturated heterocycles. The molecule has 1 fully saturated rings. The van der Waals surface area contributed by atoms with Gasteiger partial charge in [0, 0.05) is 38.1 Å². The monoisotopic (exact) mass is 320 g/mol. The second kappa shape index (κ2) is 6.93. The summed E-state index contributed by atoms with van der Waals surface area (Å²) in [6.45, 7) is 3.70. The Kier molecular flexibility index (Phi) is 4.73. The van der Waals surface area contributed by atoms with Gasteiger partial charge in [-0.15, -0.1) is 0 Å². The summed E-state index contributed by atoms with van der Waals surface area (Å²) < 4.78 is 17.6. The lowest BCUT2D eigenvalue weighted by molar-refractivity contribution is 0.0814. The maximum atomic E-state index is 12.3. The molecule has 2 atom stereocenters. The minimum absolute atomic E-state index is 0.111. The zero-order valence-electron chi connectivity index (χ0n) is 13.2. The van der Waals surface area contributed by atoms with E-state index in [4.69, 9.17) is 14.0 Å². The van der Waals surface area contributed by atoms with Gasteiger partial charge in [0.2, 0.25) is 0 Å². The van der Waals surface area contributed by atoms with Crippen LogP contribution in [0, 0.1) is 0 Å². The summed E-state index contributed by atoms with van der Waals surface area (Å²) in [5.74, 6) is 0.237. The van der Waals surface area contributed by atoms with Gasteiger partial charge in [0.05, 0.1) is 12.2 Å². The Bertz CT molecular complexity index is 666. The van der Waals surface area contributed by atoms with Crippen LogP contribution >= 0.6 is 0 Å². The highest BCUT2D eigenvalue weighted by molar-refractivity contribution is 5.92. The molecule has 0 aliphatic carbocycles. The molecule has 2 aromatic rings. The molecular weight excluding hydrogens is 300 g/mol. The Morgan fingerprint density at radius 2 is 2.43 bits per heavy atom. The lowest BCUT2D eigenvalue weighted by atomic mass is 10.1. The summed E-state index contributed by atoms with van der Waals surface area (Å²) in [7, 11) is 1.55. The van der Waals surface area contributed by atoms with E-state index in [0.29, 0.717) is 12.4 Å². The van der Waals surface area contributed by atoms with Crippen LogP contribution in [-0.4, -0.2) is 40.6 Å². The van der Waals surface area contributed by atoms with Crippen LogP contribution in [0.25, 0.3) is 0 Å². The van der Waals surface area contributed by atoms with Crippen LogP contribution in [0.15, 0.2) is 23.0 Å². The smallest absolute Gasteiger partial charge is 0.273 e. The first kappa shape index (κ1) is 15.7. The lowest BCUT2D eigenvalue weighted by Crippen LogP contribution is -2.36. The van der Waals surface area contributed by atoms with Gasteiger partial charge in [0.15, 0.2) is 11.5 Å². The van der Waals surface area contributed by atoms with Crippen molar-refractivity contribution in [2.75, 3.05) is 13.7 Å². The molecule has 124 valence electrons. The van der Waals surface area contributed by atoms with Gasteiger partial charge in [-0.3, -0.25) is 9.48 Å². The number of nitrogens with zero attached hydrogens (tertiary/aromatic N) is 3. The number of hydrogen-bond donors (Lipinski definition) is 1. The van der Waals surface area contributed by atoms with Gasteiger partial charge in [-0.25, -0.2) is 0 Å². The summed E-state index contributed by atoms with van der Waals surface area (Å²) in [6, 6.07) is 1.47. The normalized spacial score (nSPS) is 20.8. The van der Waals surface area contributed by atoms with Crippen LogP contribution in [0.3, 0.4) is 0 Å². The number of hydrogen-bond acceptors (Lipinski definition) is 6. The molecule has 1 amide bonds. The number of aryl methyl sites for hydroxylation is 1. The van der Waals surface area contributed by atoms with Crippen molar-refractivity contribution in [3.63, 3.8) is 0 Å². The van der Waals surface area contributed by atoms with Crippen molar-refractivity contribution in [3.8, 4) is 0 Å². The molecule has 3 rings (SSSR count). The van der Waals surface area contributed by atoms with Gasteiger partial charge in [-0.05, 0) is 13.3 Å². The standard InChI is InChI=1S/C15H20N4O4/c1-3-19-8-10(7-16-19)14-12(4-5-22-14)17-15(20)13-6-11(9-21-2)23-18-13/h6-8,12,14H,3-5,9H2,1-2H3,(H,17,20)/t12-,14+/m0/s1. The predicted octanol–water partition coefficient (Wildman–Crippen LogP) is 1.30. The molecule has 8 nitrogen and oxygen atoms in total. The van der Waals surface area contributed by atoms with E-state index in [9.17, 15) is 4.79 Å². The molecule has 23 heavy (non-hydrogen) atoms. The molecule has 0 spiro atoms. The van der Waals surface area contributed by atoms with Crippen LogP contribution < -0.4 is 5.32 Å². The van der Waals surface area contributed by atoms with Crippen molar-refractivity contribution in [3.05, 3.63) is 35.5 Å². The number of rotatable bonds is 6. The molecule has 8 heteroatoms. The van der Waals surface area contributed by atoms with Crippen molar-refractivity contribution in [2.45, 2.75) is 38.6 Å². The van der Waals surface area contributed by atoms with E-state index >= 15 is 0 Å². The average Bonchev–Trinajstić information content (AvgIpc) is 3.27. The molecule has 2 aromatic heterocycles. The Morgan fingerprint density at radius 3 is 3.17 bits per heavy atom. The lowest BCUT2D eigenvalue weighted by Gasteiger charge is -2.18. The van der Waals surface area contributed by atoms with Crippen LogP contribution in [0.1, 0.15) is 41.3 Å². The quantitative estimate of drug-likeness (QED) is 0.862. The van der Waals surface area contributed by atoms with Crippen molar-refractivity contribution in [1.29, 1.82) is 0 Å². The highest BCUT2D eigenvalue weighted by Crippen LogP contribution is 2.29. The molecule has 0 unspecified atom stereocenters. The highest BCUT2D eigenvalue weighted by Gasteiger charge is 2.32. The SMILES string of the molecule is CCn1cc([C@H]2OCC[C@@H]2NC(=O)c2cc(COC)on2)cn1. The van der Waals surface area contributed by atoms with Gasteiger partial charge < -0.3 is 19.3 Å². The van der Waals surface area contributed by atoms with E-state index in [1.807, 2.05) is 17.8 Å². The van der Waals surface area contributed by atoms with Crippen LogP contribution in [0.4, 0.5) is 0 Å². The highest BCUT2D eigenvalue weighted by atomic mass is 16.5. The molecule has 0 radical (unpaired) electrons. The van der Waals surface area contributed by atoms with Gasteiger partial charge in [-0.2, -0.15) is 5.10 Å². The Morgan fingerprint density at radius 1 is 1.57 bits per heavy atom. The third-order valence-electron chi connectivity index (χ3n) is 3.79. The zero-order chi connectivity index (χ0) is 16.2. The molecular formula is C15H20N4O4. The predicted molar refractivity (Wildman–Crippen MR) is 79.7 cm³/mol. The molecule has 1 aliphatic rings. The van der Waals surface area contributed by atoms with E-state index in [2.05, 4.69) is 15.6 Å². The van der Waals surface area contributed by atoms with Gasteiger partial charge in [0.25, 0.3) is 5.91 Å². The number of carbonyl (C=O) groups excluding carboxylic acids is 1. The molecule has 1 aliphatic heterocycles. The Labute approximate surface area is 133 Å². The number of aromatic nitrogens is 3. The summed E-state index contributed by atoms with van der Waals surface area (Å²) in [6.07, 6.45) is 4.29. The van der Waals surface area contributed by atoms with E-state index in [-0.39, 0.29) is 30.4 Å². The summed E-state index contributed by atoms with van der Waals surface area (Å²) >= 11 is 0. The van der Waals surface area contributed by atoms with Crippen LogP contribution in [0.5, 0.6) is 0 Å².